The fraction of sp³-hybridized carbons (Fsp3) is 0.714. The zero-order valence-corrected chi connectivity index (χ0v) is 11.7. The summed E-state index contributed by atoms with van der Waals surface area (Å²) in [6.45, 7) is 12.9. The van der Waals surface area contributed by atoms with Gasteiger partial charge in [0.15, 0.2) is 0 Å². The molecule has 0 N–H and O–H groups in total. The van der Waals surface area contributed by atoms with Gasteiger partial charge in [-0.25, -0.2) is 0 Å². The van der Waals surface area contributed by atoms with Crippen molar-refractivity contribution in [2.45, 2.75) is 60.8 Å². The third-order valence-electron chi connectivity index (χ3n) is 1.97. The van der Waals surface area contributed by atoms with E-state index in [0.717, 1.165) is 24.2 Å². The van der Waals surface area contributed by atoms with Crippen molar-refractivity contribution in [1.29, 1.82) is 0 Å². The number of hydrogen-bond donors (Lipinski definition) is 0. The first-order chi connectivity index (χ1) is 7.39. The summed E-state index contributed by atoms with van der Waals surface area (Å²) in [7, 11) is 0. The van der Waals surface area contributed by atoms with E-state index >= 15 is 0 Å². The number of rotatable bonds is 2. The lowest BCUT2D eigenvalue weighted by Gasteiger charge is -2.16. The molecule has 16 heavy (non-hydrogen) atoms. The highest BCUT2D eigenvalue weighted by molar-refractivity contribution is 5.00. The normalized spacial score (nSPS) is 10.6. The van der Waals surface area contributed by atoms with Crippen molar-refractivity contribution in [3.8, 4) is 0 Å². The summed E-state index contributed by atoms with van der Waals surface area (Å²) >= 11 is 0. The Kier molecular flexibility index (Phi) is 6.95. The maximum Gasteiger partial charge on any atom is 0.0587 e. The Bertz CT molecular complexity index is 270. The van der Waals surface area contributed by atoms with E-state index in [0.29, 0.717) is 5.41 Å². The van der Waals surface area contributed by atoms with E-state index in [4.69, 9.17) is 0 Å². The van der Waals surface area contributed by atoms with Crippen molar-refractivity contribution in [3.63, 3.8) is 0 Å². The highest BCUT2D eigenvalue weighted by atomic mass is 14.8. The summed E-state index contributed by atoms with van der Waals surface area (Å²) in [5.41, 5.74) is 2.46. The van der Waals surface area contributed by atoms with Gasteiger partial charge in [-0.15, -0.1) is 0 Å². The fourth-order valence-corrected chi connectivity index (χ4v) is 1.05. The quantitative estimate of drug-likeness (QED) is 0.750. The van der Waals surface area contributed by atoms with Gasteiger partial charge >= 0.3 is 0 Å². The summed E-state index contributed by atoms with van der Waals surface area (Å²) < 4.78 is 0. The smallest absolute Gasteiger partial charge is 0.0587 e. The van der Waals surface area contributed by atoms with Gasteiger partial charge in [-0.1, -0.05) is 41.0 Å². The number of nitrogens with zero attached hydrogens (tertiary/aromatic N) is 2. The molecule has 0 aliphatic rings. The summed E-state index contributed by atoms with van der Waals surface area (Å²) in [6, 6.07) is 0. The summed E-state index contributed by atoms with van der Waals surface area (Å²) in [6.07, 6.45) is 7.14. The third-order valence-corrected chi connectivity index (χ3v) is 1.97. The van der Waals surface area contributed by atoms with Crippen molar-refractivity contribution in [2.24, 2.45) is 5.41 Å². The molecule has 0 unspecified atom stereocenters. The minimum Gasteiger partial charge on any atom is -0.258 e. The molecule has 0 amide bonds. The molecule has 0 aliphatic heterocycles. The van der Waals surface area contributed by atoms with Crippen molar-refractivity contribution < 1.29 is 0 Å². The maximum atomic E-state index is 4.32. The third kappa shape index (κ3) is 8.39. The predicted octanol–water partition coefficient (Wildman–Crippen LogP) is 4.18. The van der Waals surface area contributed by atoms with Crippen LogP contribution in [-0.2, 0) is 6.42 Å². The molecule has 0 saturated carbocycles. The SMILES string of the molecule is CCC.Cc1cnc(CCC(C)(C)C)cn1. The van der Waals surface area contributed by atoms with Gasteiger partial charge in [-0.05, 0) is 25.2 Å². The van der Waals surface area contributed by atoms with Crippen LogP contribution in [0.15, 0.2) is 12.4 Å². The van der Waals surface area contributed by atoms with Crippen molar-refractivity contribution >= 4 is 0 Å². The zero-order chi connectivity index (χ0) is 12.6. The molecule has 1 heterocycles. The molecule has 0 spiro atoms. The first-order valence-electron chi connectivity index (χ1n) is 6.16. The van der Waals surface area contributed by atoms with E-state index in [1.807, 2.05) is 19.3 Å². The van der Waals surface area contributed by atoms with E-state index in [1.165, 1.54) is 6.42 Å². The van der Waals surface area contributed by atoms with Gasteiger partial charge in [-0.2, -0.15) is 0 Å². The second-order valence-electron chi connectivity index (χ2n) is 5.42. The van der Waals surface area contributed by atoms with Crippen LogP contribution in [0, 0.1) is 12.3 Å². The van der Waals surface area contributed by atoms with Crippen LogP contribution in [-0.4, -0.2) is 9.97 Å². The summed E-state index contributed by atoms with van der Waals surface area (Å²) in [5.74, 6) is 0. The first-order valence-corrected chi connectivity index (χ1v) is 6.16. The van der Waals surface area contributed by atoms with Crippen LogP contribution in [0.3, 0.4) is 0 Å². The minimum absolute atomic E-state index is 0.382. The van der Waals surface area contributed by atoms with Crippen molar-refractivity contribution in [1.82, 2.24) is 9.97 Å². The molecule has 1 aromatic heterocycles. The fourth-order valence-electron chi connectivity index (χ4n) is 1.05. The summed E-state index contributed by atoms with van der Waals surface area (Å²) in [5, 5.41) is 0. The molecule has 0 aromatic carbocycles. The number of hydrogen-bond acceptors (Lipinski definition) is 2. The van der Waals surface area contributed by atoms with Crippen molar-refractivity contribution in [2.75, 3.05) is 0 Å². The van der Waals surface area contributed by atoms with Gasteiger partial charge in [0.2, 0.25) is 0 Å². The van der Waals surface area contributed by atoms with Gasteiger partial charge in [0.05, 0.1) is 11.4 Å². The van der Waals surface area contributed by atoms with E-state index in [2.05, 4.69) is 44.6 Å². The van der Waals surface area contributed by atoms with Crippen molar-refractivity contribution in [3.05, 3.63) is 23.8 Å². The zero-order valence-electron chi connectivity index (χ0n) is 11.7. The molecule has 1 rings (SSSR count). The topological polar surface area (TPSA) is 25.8 Å². The molecule has 1 aromatic rings. The maximum absolute atomic E-state index is 4.32. The first kappa shape index (κ1) is 15.1. The predicted molar refractivity (Wildman–Crippen MR) is 70.5 cm³/mol. The average Bonchev–Trinajstić information content (AvgIpc) is 2.17. The van der Waals surface area contributed by atoms with Crippen LogP contribution in [0.5, 0.6) is 0 Å². The van der Waals surface area contributed by atoms with E-state index in [1.54, 1.807) is 0 Å². The second kappa shape index (κ2) is 7.37. The Morgan fingerprint density at radius 1 is 1.06 bits per heavy atom. The standard InChI is InChI=1S/C11H18N2.C3H8/c1-9-7-13-10(8-12-9)5-6-11(2,3)4;1-3-2/h7-8H,5-6H2,1-4H3;3H2,1-2H3. The molecule has 0 bridgehead atoms. The van der Waals surface area contributed by atoms with Crippen LogP contribution in [0.25, 0.3) is 0 Å². The van der Waals surface area contributed by atoms with Crippen LogP contribution in [0.4, 0.5) is 0 Å². The van der Waals surface area contributed by atoms with Crippen LogP contribution in [0.1, 0.15) is 58.8 Å². The van der Waals surface area contributed by atoms with Gasteiger partial charge < -0.3 is 0 Å². The van der Waals surface area contributed by atoms with E-state index in [-0.39, 0.29) is 0 Å². The highest BCUT2D eigenvalue weighted by Crippen LogP contribution is 2.20. The lowest BCUT2D eigenvalue weighted by atomic mass is 9.90. The second-order valence-corrected chi connectivity index (χ2v) is 5.42. The Labute approximate surface area is 101 Å². The van der Waals surface area contributed by atoms with Crippen LogP contribution >= 0.6 is 0 Å². The van der Waals surface area contributed by atoms with Gasteiger partial charge in [0.25, 0.3) is 0 Å². The number of aromatic nitrogens is 2. The molecule has 2 nitrogen and oxygen atoms in total. The molecule has 0 atom stereocenters. The largest absolute Gasteiger partial charge is 0.258 e. The Morgan fingerprint density at radius 2 is 1.62 bits per heavy atom. The molecule has 0 aliphatic carbocycles. The monoisotopic (exact) mass is 222 g/mol. The van der Waals surface area contributed by atoms with Gasteiger partial charge in [-0.3, -0.25) is 9.97 Å². The lowest BCUT2D eigenvalue weighted by molar-refractivity contribution is 0.376. The van der Waals surface area contributed by atoms with Crippen LogP contribution < -0.4 is 0 Å². The Hall–Kier alpha value is -0.920. The Morgan fingerprint density at radius 3 is 2.00 bits per heavy atom. The highest BCUT2D eigenvalue weighted by Gasteiger charge is 2.10. The van der Waals surface area contributed by atoms with Gasteiger partial charge in [0, 0.05) is 12.4 Å². The molecule has 0 saturated heterocycles. The lowest BCUT2D eigenvalue weighted by Crippen LogP contribution is -2.07. The average molecular weight is 222 g/mol. The van der Waals surface area contributed by atoms with Crippen LogP contribution in [0.2, 0.25) is 0 Å². The molecular formula is C14H26N2. The Balaban J connectivity index is 0.000000673. The molecule has 0 radical (unpaired) electrons. The minimum atomic E-state index is 0.382. The number of aryl methyl sites for hydroxylation is 2. The summed E-state index contributed by atoms with van der Waals surface area (Å²) in [4.78, 5) is 8.54. The molecule has 2 heteroatoms. The molecular weight excluding hydrogens is 196 g/mol. The van der Waals surface area contributed by atoms with Gasteiger partial charge in [0.1, 0.15) is 0 Å². The molecule has 0 fully saturated rings. The van der Waals surface area contributed by atoms with E-state index < -0.39 is 0 Å². The molecule has 92 valence electrons. The van der Waals surface area contributed by atoms with E-state index in [9.17, 15) is 0 Å².